The molecule has 0 bridgehead atoms. The average molecular weight is 469 g/mol. The van der Waals surface area contributed by atoms with E-state index in [1.165, 1.54) is 10.4 Å². The summed E-state index contributed by atoms with van der Waals surface area (Å²) in [7, 11) is -3.99. The molecule has 0 aliphatic carbocycles. The van der Waals surface area contributed by atoms with Gasteiger partial charge in [-0.25, -0.2) is 21.6 Å². The van der Waals surface area contributed by atoms with Crippen LogP contribution in [-0.4, -0.2) is 49.9 Å². The predicted octanol–water partition coefficient (Wildman–Crippen LogP) is 2.46. The molecule has 1 aliphatic heterocycles. The van der Waals surface area contributed by atoms with Gasteiger partial charge in [0.1, 0.15) is 11.5 Å². The van der Waals surface area contributed by atoms with Crippen molar-refractivity contribution in [2.24, 2.45) is 0 Å². The molecule has 0 spiro atoms. The molecule has 0 amide bonds. The third-order valence-electron chi connectivity index (χ3n) is 5.26. The predicted molar refractivity (Wildman–Crippen MR) is 120 cm³/mol. The smallest absolute Gasteiger partial charge is 0.240 e. The van der Waals surface area contributed by atoms with Gasteiger partial charge in [0.25, 0.3) is 0 Å². The zero-order chi connectivity index (χ0) is 22.6. The molecular formula is C21H28N2O6S2. The van der Waals surface area contributed by atoms with Gasteiger partial charge in [0, 0.05) is 13.1 Å². The van der Waals surface area contributed by atoms with Gasteiger partial charge in [-0.3, -0.25) is 4.31 Å². The number of ether oxygens (including phenoxy) is 2. The van der Waals surface area contributed by atoms with Gasteiger partial charge in [-0.05, 0) is 73.7 Å². The maximum absolute atomic E-state index is 12.8. The number of hydrogen-bond donors (Lipinski definition) is 1. The highest BCUT2D eigenvalue weighted by Gasteiger charge is 2.27. The van der Waals surface area contributed by atoms with Crippen LogP contribution in [0.4, 0.5) is 5.69 Å². The Kier molecular flexibility index (Phi) is 7.13. The van der Waals surface area contributed by atoms with Crippen LogP contribution in [0.1, 0.15) is 24.0 Å². The summed E-state index contributed by atoms with van der Waals surface area (Å²) in [6, 6.07) is 9.99. The second-order valence-electron chi connectivity index (χ2n) is 7.37. The first-order valence-electron chi connectivity index (χ1n) is 9.99. The van der Waals surface area contributed by atoms with Crippen LogP contribution in [0.5, 0.6) is 11.5 Å². The van der Waals surface area contributed by atoms with Crippen LogP contribution in [0, 0.1) is 6.92 Å². The van der Waals surface area contributed by atoms with E-state index < -0.39 is 20.0 Å². The highest BCUT2D eigenvalue weighted by atomic mass is 32.2. The molecule has 1 saturated heterocycles. The van der Waals surface area contributed by atoms with Crippen molar-refractivity contribution in [2.45, 2.75) is 31.1 Å². The Labute approximate surface area is 184 Å². The van der Waals surface area contributed by atoms with Crippen LogP contribution >= 0.6 is 0 Å². The van der Waals surface area contributed by atoms with Gasteiger partial charge in [0.15, 0.2) is 0 Å². The average Bonchev–Trinajstić information content (AvgIpc) is 2.73. The van der Waals surface area contributed by atoms with Crippen molar-refractivity contribution in [3.8, 4) is 11.5 Å². The molecule has 10 heteroatoms. The Morgan fingerprint density at radius 1 is 1.06 bits per heavy atom. The minimum Gasteiger partial charge on any atom is -0.497 e. The zero-order valence-corrected chi connectivity index (χ0v) is 19.6. The van der Waals surface area contributed by atoms with E-state index in [9.17, 15) is 16.8 Å². The number of rotatable bonds is 8. The van der Waals surface area contributed by atoms with Crippen molar-refractivity contribution in [3.63, 3.8) is 0 Å². The van der Waals surface area contributed by atoms with E-state index in [4.69, 9.17) is 9.47 Å². The Morgan fingerprint density at radius 2 is 1.84 bits per heavy atom. The summed E-state index contributed by atoms with van der Waals surface area (Å²) < 4.78 is 64.9. The number of hydrogen-bond acceptors (Lipinski definition) is 6. The van der Waals surface area contributed by atoms with E-state index in [-0.39, 0.29) is 17.2 Å². The molecule has 1 fully saturated rings. The standard InChI is InChI=1S/C21H28N2O6S2/c1-16-14-18(23-12-4-5-13-30(23,24)25)6-9-21(16)31(26,27)22-11-10-17-15-19(28-2)7-8-20(17)29-3/h6-9,14-15,22H,4-5,10-13H2,1-3H3. The molecule has 1 N–H and O–H groups in total. The van der Waals surface area contributed by atoms with E-state index >= 15 is 0 Å². The second kappa shape index (κ2) is 9.46. The molecular weight excluding hydrogens is 440 g/mol. The molecule has 1 aliphatic rings. The van der Waals surface area contributed by atoms with Crippen molar-refractivity contribution in [1.82, 2.24) is 4.72 Å². The first-order chi connectivity index (χ1) is 14.7. The molecule has 1 heterocycles. The van der Waals surface area contributed by atoms with Gasteiger partial charge < -0.3 is 9.47 Å². The van der Waals surface area contributed by atoms with E-state index in [1.54, 1.807) is 45.4 Å². The van der Waals surface area contributed by atoms with Crippen LogP contribution in [0.2, 0.25) is 0 Å². The lowest BCUT2D eigenvalue weighted by molar-refractivity contribution is 0.398. The monoisotopic (exact) mass is 468 g/mol. The number of aryl methyl sites for hydroxylation is 1. The van der Waals surface area contributed by atoms with Gasteiger partial charge in [0.05, 0.1) is 30.6 Å². The van der Waals surface area contributed by atoms with Crippen molar-refractivity contribution >= 4 is 25.7 Å². The summed E-state index contributed by atoms with van der Waals surface area (Å²) in [6.07, 6.45) is 1.85. The maximum Gasteiger partial charge on any atom is 0.240 e. The highest BCUT2D eigenvalue weighted by molar-refractivity contribution is 7.92. The van der Waals surface area contributed by atoms with Crippen molar-refractivity contribution < 1.29 is 26.3 Å². The maximum atomic E-state index is 12.8. The fourth-order valence-electron chi connectivity index (χ4n) is 3.64. The Morgan fingerprint density at radius 3 is 2.48 bits per heavy atom. The van der Waals surface area contributed by atoms with Crippen LogP contribution in [0.3, 0.4) is 0 Å². The van der Waals surface area contributed by atoms with Gasteiger partial charge >= 0.3 is 0 Å². The molecule has 170 valence electrons. The lowest BCUT2D eigenvalue weighted by atomic mass is 10.1. The minimum absolute atomic E-state index is 0.112. The number of sulfonamides is 2. The van der Waals surface area contributed by atoms with E-state index in [1.807, 2.05) is 6.07 Å². The quantitative estimate of drug-likeness (QED) is 0.639. The highest BCUT2D eigenvalue weighted by Crippen LogP contribution is 2.28. The normalized spacial score (nSPS) is 16.2. The largest absolute Gasteiger partial charge is 0.497 e. The van der Waals surface area contributed by atoms with Crippen molar-refractivity contribution in [1.29, 1.82) is 0 Å². The van der Waals surface area contributed by atoms with Crippen LogP contribution in [0.15, 0.2) is 41.3 Å². The topological polar surface area (TPSA) is 102 Å². The Bertz CT molecular complexity index is 1150. The minimum atomic E-state index is -3.76. The number of nitrogens with zero attached hydrogens (tertiary/aromatic N) is 1. The summed E-state index contributed by atoms with van der Waals surface area (Å²) in [5.74, 6) is 1.43. The van der Waals surface area contributed by atoms with Gasteiger partial charge in [0.2, 0.25) is 20.0 Å². The molecule has 3 rings (SSSR count). The van der Waals surface area contributed by atoms with Gasteiger partial charge in [-0.2, -0.15) is 0 Å². The number of anilines is 1. The lowest BCUT2D eigenvalue weighted by Gasteiger charge is -2.28. The molecule has 0 atom stereocenters. The molecule has 8 nitrogen and oxygen atoms in total. The molecule has 0 aromatic heterocycles. The molecule has 0 unspecified atom stereocenters. The SMILES string of the molecule is COc1ccc(OC)c(CCNS(=O)(=O)c2ccc(N3CCCCS3(=O)=O)cc2C)c1. The fraction of sp³-hybridized carbons (Fsp3) is 0.429. The van der Waals surface area contributed by atoms with Crippen molar-refractivity contribution in [3.05, 3.63) is 47.5 Å². The van der Waals surface area contributed by atoms with Crippen molar-refractivity contribution in [2.75, 3.05) is 37.4 Å². The second-order valence-corrected chi connectivity index (χ2v) is 11.1. The third kappa shape index (κ3) is 5.31. The first-order valence-corrected chi connectivity index (χ1v) is 13.1. The van der Waals surface area contributed by atoms with Crippen LogP contribution in [-0.2, 0) is 26.5 Å². The number of methoxy groups -OCH3 is 2. The van der Waals surface area contributed by atoms with Crippen LogP contribution < -0.4 is 18.5 Å². The number of benzene rings is 2. The van der Waals surface area contributed by atoms with E-state index in [0.717, 1.165) is 12.0 Å². The molecule has 2 aromatic carbocycles. The van der Waals surface area contributed by atoms with Gasteiger partial charge in [-0.15, -0.1) is 0 Å². The molecule has 2 aromatic rings. The van der Waals surface area contributed by atoms with Crippen LogP contribution in [0.25, 0.3) is 0 Å². The molecule has 31 heavy (non-hydrogen) atoms. The Hall–Kier alpha value is -2.30. The summed E-state index contributed by atoms with van der Waals surface area (Å²) >= 11 is 0. The Balaban J connectivity index is 1.74. The third-order valence-corrected chi connectivity index (χ3v) is 8.75. The molecule has 0 radical (unpaired) electrons. The first kappa shape index (κ1) is 23.4. The number of nitrogens with one attached hydrogen (secondary N) is 1. The molecule has 0 saturated carbocycles. The summed E-state index contributed by atoms with van der Waals surface area (Å²) in [5.41, 5.74) is 1.81. The zero-order valence-electron chi connectivity index (χ0n) is 17.9. The van der Waals surface area contributed by atoms with E-state index in [0.29, 0.717) is 42.1 Å². The summed E-state index contributed by atoms with van der Waals surface area (Å²) in [5, 5.41) is 0. The van der Waals surface area contributed by atoms with E-state index in [2.05, 4.69) is 4.72 Å². The fourth-order valence-corrected chi connectivity index (χ4v) is 6.53. The lowest BCUT2D eigenvalue weighted by Crippen LogP contribution is -2.38. The van der Waals surface area contributed by atoms with Gasteiger partial charge in [-0.1, -0.05) is 0 Å². The summed E-state index contributed by atoms with van der Waals surface area (Å²) in [6.45, 7) is 2.25. The summed E-state index contributed by atoms with van der Waals surface area (Å²) in [4.78, 5) is 0.128.